The molecule has 1 aromatic carbocycles. The molecule has 1 N–H and O–H groups in total. The van der Waals surface area contributed by atoms with Gasteiger partial charge in [-0.3, -0.25) is 10.1 Å². The summed E-state index contributed by atoms with van der Waals surface area (Å²) in [4.78, 5) is 10.2. The van der Waals surface area contributed by atoms with E-state index in [0.717, 1.165) is 6.07 Å². The number of alkyl halides is 2. The van der Waals surface area contributed by atoms with E-state index in [0.29, 0.717) is 0 Å². The van der Waals surface area contributed by atoms with Gasteiger partial charge in [-0.15, -0.1) is 0 Å². The fraction of sp³-hybridized carbons (Fsp3) is 0.364. The van der Waals surface area contributed by atoms with Crippen molar-refractivity contribution >= 4 is 11.4 Å². The number of nitrogens with zero attached hydrogens (tertiary/aromatic N) is 2. The van der Waals surface area contributed by atoms with Gasteiger partial charge < -0.3 is 10.1 Å². The number of benzene rings is 1. The number of halogens is 2. The molecule has 0 aliphatic heterocycles. The monoisotopic (exact) mass is 271 g/mol. The lowest BCUT2D eigenvalue weighted by molar-refractivity contribution is -0.384. The Labute approximate surface area is 107 Å². The average molecular weight is 271 g/mol. The number of nitro groups is 1. The zero-order valence-corrected chi connectivity index (χ0v) is 9.81. The molecule has 0 radical (unpaired) electrons. The van der Waals surface area contributed by atoms with Crippen LogP contribution >= 0.6 is 0 Å². The Bertz CT molecular complexity index is 489. The summed E-state index contributed by atoms with van der Waals surface area (Å²) in [6, 6.07) is 5.76. The lowest BCUT2D eigenvalue weighted by atomic mass is 10.2. The third kappa shape index (κ3) is 4.85. The highest BCUT2D eigenvalue weighted by Crippen LogP contribution is 2.24. The second-order valence-electron chi connectivity index (χ2n) is 3.49. The Hall–Kier alpha value is -2.27. The SMILES string of the molecule is N#Cc1ccc(NCCOCC(F)F)c([N+](=O)[O-])c1. The van der Waals surface area contributed by atoms with E-state index in [4.69, 9.17) is 5.26 Å². The number of hydrogen-bond donors (Lipinski definition) is 1. The molecule has 0 heterocycles. The minimum absolute atomic E-state index is 0.00148. The first-order chi connectivity index (χ1) is 9.04. The van der Waals surface area contributed by atoms with Gasteiger partial charge in [-0.1, -0.05) is 0 Å². The first-order valence-corrected chi connectivity index (χ1v) is 5.33. The second kappa shape index (κ2) is 7.23. The van der Waals surface area contributed by atoms with Crippen LogP contribution in [0.4, 0.5) is 20.2 Å². The molecule has 0 aliphatic carbocycles. The normalized spacial score (nSPS) is 10.2. The first kappa shape index (κ1) is 14.8. The number of hydrogen-bond acceptors (Lipinski definition) is 5. The number of ether oxygens (including phenoxy) is 1. The third-order valence-corrected chi connectivity index (χ3v) is 2.13. The average Bonchev–Trinajstić information content (AvgIpc) is 2.38. The predicted molar refractivity (Wildman–Crippen MR) is 63.1 cm³/mol. The minimum atomic E-state index is -2.54. The summed E-state index contributed by atoms with van der Waals surface area (Å²) >= 11 is 0. The summed E-state index contributed by atoms with van der Waals surface area (Å²) in [6.45, 7) is -0.516. The van der Waals surface area contributed by atoms with Crippen molar-refractivity contribution in [1.29, 1.82) is 5.26 Å². The summed E-state index contributed by atoms with van der Waals surface area (Å²) in [7, 11) is 0. The van der Waals surface area contributed by atoms with Crippen LogP contribution in [0.25, 0.3) is 0 Å². The molecule has 6 nitrogen and oxygen atoms in total. The van der Waals surface area contributed by atoms with Gasteiger partial charge in [0.15, 0.2) is 0 Å². The van der Waals surface area contributed by atoms with Crippen LogP contribution in [0.3, 0.4) is 0 Å². The Balaban J connectivity index is 2.58. The van der Waals surface area contributed by atoms with Crippen molar-refractivity contribution < 1.29 is 18.4 Å². The standard InChI is InChI=1S/C11H11F2N3O3/c12-11(13)7-19-4-3-15-9-2-1-8(6-14)5-10(9)16(17)18/h1-2,5,11,15H,3-4,7H2. The molecule has 1 aromatic rings. The minimum Gasteiger partial charge on any atom is -0.377 e. The molecular formula is C11H11F2N3O3. The lowest BCUT2D eigenvalue weighted by Gasteiger charge is -2.07. The van der Waals surface area contributed by atoms with E-state index in [9.17, 15) is 18.9 Å². The smallest absolute Gasteiger partial charge is 0.293 e. The highest BCUT2D eigenvalue weighted by Gasteiger charge is 2.14. The lowest BCUT2D eigenvalue weighted by Crippen LogP contribution is -2.13. The molecule has 0 spiro atoms. The van der Waals surface area contributed by atoms with Crippen molar-refractivity contribution in [3.05, 3.63) is 33.9 Å². The zero-order valence-electron chi connectivity index (χ0n) is 9.81. The van der Waals surface area contributed by atoms with Crippen molar-refractivity contribution in [3.63, 3.8) is 0 Å². The number of nitrogens with one attached hydrogen (secondary N) is 1. The van der Waals surface area contributed by atoms with Gasteiger partial charge in [-0.2, -0.15) is 5.26 Å². The maximum Gasteiger partial charge on any atom is 0.293 e. The van der Waals surface area contributed by atoms with Crippen LogP contribution in [0.5, 0.6) is 0 Å². The van der Waals surface area contributed by atoms with E-state index in [2.05, 4.69) is 10.1 Å². The van der Waals surface area contributed by atoms with Gasteiger partial charge >= 0.3 is 0 Å². The molecule has 0 amide bonds. The molecule has 8 heteroatoms. The van der Waals surface area contributed by atoms with Gasteiger partial charge in [0.1, 0.15) is 12.3 Å². The highest BCUT2D eigenvalue weighted by molar-refractivity contribution is 5.63. The van der Waals surface area contributed by atoms with E-state index >= 15 is 0 Å². The van der Waals surface area contributed by atoms with Gasteiger partial charge in [0, 0.05) is 12.6 Å². The van der Waals surface area contributed by atoms with Crippen molar-refractivity contribution in [2.75, 3.05) is 25.1 Å². The molecule has 102 valence electrons. The van der Waals surface area contributed by atoms with Crippen LogP contribution in [0, 0.1) is 21.4 Å². The fourth-order valence-corrected chi connectivity index (χ4v) is 1.33. The van der Waals surface area contributed by atoms with Crippen molar-refractivity contribution in [2.24, 2.45) is 0 Å². The van der Waals surface area contributed by atoms with Gasteiger partial charge in [0.25, 0.3) is 12.1 Å². The van der Waals surface area contributed by atoms with E-state index in [1.807, 2.05) is 0 Å². The molecule has 1 rings (SSSR count). The maximum absolute atomic E-state index is 11.8. The maximum atomic E-state index is 11.8. The summed E-state index contributed by atoms with van der Waals surface area (Å²) in [5.41, 5.74) is 0.142. The molecular weight excluding hydrogens is 260 g/mol. The Morgan fingerprint density at radius 2 is 2.26 bits per heavy atom. The van der Waals surface area contributed by atoms with E-state index < -0.39 is 18.0 Å². The van der Waals surface area contributed by atoms with Crippen LogP contribution in [0.2, 0.25) is 0 Å². The van der Waals surface area contributed by atoms with Crippen molar-refractivity contribution in [3.8, 4) is 6.07 Å². The van der Waals surface area contributed by atoms with E-state index in [1.54, 1.807) is 6.07 Å². The molecule has 0 aliphatic rings. The Kier molecular flexibility index (Phi) is 5.63. The Morgan fingerprint density at radius 3 is 2.84 bits per heavy atom. The predicted octanol–water partition coefficient (Wildman–Crippen LogP) is 2.16. The van der Waals surface area contributed by atoms with Crippen LogP contribution in [0.15, 0.2) is 18.2 Å². The summed E-state index contributed by atoms with van der Waals surface area (Å²) in [5.74, 6) is 0. The molecule has 0 bridgehead atoms. The Morgan fingerprint density at radius 1 is 1.53 bits per heavy atom. The molecule has 0 unspecified atom stereocenters. The quantitative estimate of drug-likeness (QED) is 0.466. The second-order valence-corrected chi connectivity index (χ2v) is 3.49. The molecule has 0 saturated heterocycles. The van der Waals surface area contributed by atoms with Gasteiger partial charge in [0.2, 0.25) is 0 Å². The third-order valence-electron chi connectivity index (χ3n) is 2.13. The van der Waals surface area contributed by atoms with Crippen molar-refractivity contribution in [1.82, 2.24) is 0 Å². The van der Waals surface area contributed by atoms with Crippen LogP contribution in [-0.2, 0) is 4.74 Å². The summed E-state index contributed by atoms with van der Waals surface area (Å²) in [6.07, 6.45) is -2.54. The van der Waals surface area contributed by atoms with Gasteiger partial charge in [0.05, 0.1) is 23.2 Å². The molecule has 0 atom stereocenters. The van der Waals surface area contributed by atoms with Crippen LogP contribution in [0.1, 0.15) is 5.56 Å². The van der Waals surface area contributed by atoms with Gasteiger partial charge in [-0.05, 0) is 12.1 Å². The zero-order chi connectivity index (χ0) is 14.3. The summed E-state index contributed by atoms with van der Waals surface area (Å²) < 4.78 is 28.2. The largest absolute Gasteiger partial charge is 0.377 e. The van der Waals surface area contributed by atoms with Crippen molar-refractivity contribution in [2.45, 2.75) is 6.43 Å². The highest BCUT2D eigenvalue weighted by atomic mass is 19.3. The van der Waals surface area contributed by atoms with E-state index in [1.165, 1.54) is 12.1 Å². The molecule has 0 fully saturated rings. The summed E-state index contributed by atoms with van der Waals surface area (Å²) in [5, 5.41) is 22.1. The molecule has 19 heavy (non-hydrogen) atoms. The number of rotatable bonds is 7. The first-order valence-electron chi connectivity index (χ1n) is 5.33. The van der Waals surface area contributed by atoms with Gasteiger partial charge in [-0.25, -0.2) is 8.78 Å². The van der Waals surface area contributed by atoms with Crippen LogP contribution in [-0.4, -0.2) is 31.1 Å². The topological polar surface area (TPSA) is 88.2 Å². The molecule has 0 aromatic heterocycles. The number of nitriles is 1. The molecule has 0 saturated carbocycles. The number of nitro benzene ring substituents is 1. The van der Waals surface area contributed by atoms with E-state index in [-0.39, 0.29) is 30.1 Å². The fourth-order valence-electron chi connectivity index (χ4n) is 1.33. The number of anilines is 1. The van der Waals surface area contributed by atoms with Crippen LogP contribution < -0.4 is 5.32 Å².